The molecule has 1 saturated heterocycles. The molecule has 2 aromatic rings. The summed E-state index contributed by atoms with van der Waals surface area (Å²) < 4.78 is 0. The highest BCUT2D eigenvalue weighted by atomic mass is 15.3. The first-order chi connectivity index (χ1) is 11.3. The Hall–Kier alpha value is -2.02. The van der Waals surface area contributed by atoms with Gasteiger partial charge in [0.1, 0.15) is 11.6 Å². The predicted molar refractivity (Wildman–Crippen MR) is 87.1 cm³/mol. The van der Waals surface area contributed by atoms with Gasteiger partial charge in [0.05, 0.1) is 12.2 Å². The molecule has 0 bridgehead atoms. The summed E-state index contributed by atoms with van der Waals surface area (Å²) in [6.07, 6.45) is 4.35. The van der Waals surface area contributed by atoms with Gasteiger partial charge in [0, 0.05) is 39.0 Å². The Morgan fingerprint density at radius 1 is 1.17 bits per heavy atom. The maximum atomic E-state index is 4.51. The summed E-state index contributed by atoms with van der Waals surface area (Å²) in [6, 6.07) is 2.23. The number of nitrogens with one attached hydrogen (secondary N) is 1. The third-order valence-corrected chi connectivity index (χ3v) is 4.70. The van der Waals surface area contributed by atoms with Crippen LogP contribution in [0.25, 0.3) is 0 Å². The number of rotatable bonds is 4. The molecule has 1 fully saturated rings. The van der Waals surface area contributed by atoms with E-state index in [9.17, 15) is 0 Å². The highest BCUT2D eigenvalue weighted by molar-refractivity contribution is 5.42. The largest absolute Gasteiger partial charge is 0.355 e. The van der Waals surface area contributed by atoms with Crippen LogP contribution in [0.5, 0.6) is 0 Å². The number of anilines is 1. The maximum absolute atomic E-state index is 4.51. The molecule has 4 rings (SSSR count). The summed E-state index contributed by atoms with van der Waals surface area (Å²) in [7, 11) is 0. The van der Waals surface area contributed by atoms with Gasteiger partial charge in [-0.1, -0.05) is 6.92 Å². The maximum Gasteiger partial charge on any atom is 0.151 e. The van der Waals surface area contributed by atoms with Crippen molar-refractivity contribution in [3.63, 3.8) is 0 Å². The van der Waals surface area contributed by atoms with Crippen LogP contribution in [0.2, 0.25) is 0 Å². The molecule has 1 N–H and O–H groups in total. The lowest BCUT2D eigenvalue weighted by atomic mass is 10.1. The molecule has 122 valence electrons. The zero-order valence-corrected chi connectivity index (χ0v) is 13.6. The fourth-order valence-electron chi connectivity index (χ4n) is 3.39. The number of aromatic amines is 1. The molecule has 0 spiro atoms. The van der Waals surface area contributed by atoms with Crippen molar-refractivity contribution in [2.24, 2.45) is 0 Å². The van der Waals surface area contributed by atoms with Crippen molar-refractivity contribution < 1.29 is 0 Å². The number of hydrogen-bond donors (Lipinski definition) is 1. The van der Waals surface area contributed by atoms with Gasteiger partial charge in [0.15, 0.2) is 5.82 Å². The van der Waals surface area contributed by atoms with E-state index in [0.717, 1.165) is 68.7 Å². The zero-order chi connectivity index (χ0) is 15.6. The van der Waals surface area contributed by atoms with Crippen molar-refractivity contribution in [1.82, 2.24) is 30.3 Å². The van der Waals surface area contributed by atoms with Crippen LogP contribution >= 0.6 is 0 Å². The summed E-state index contributed by atoms with van der Waals surface area (Å²) in [4.78, 5) is 9.26. The van der Waals surface area contributed by atoms with E-state index in [1.165, 1.54) is 18.4 Å². The second-order valence-corrected chi connectivity index (χ2v) is 6.38. The van der Waals surface area contributed by atoms with E-state index in [1.54, 1.807) is 0 Å². The van der Waals surface area contributed by atoms with E-state index in [-0.39, 0.29) is 0 Å². The first-order valence-electron chi connectivity index (χ1n) is 8.55. The molecule has 0 unspecified atom stereocenters. The molecule has 2 aliphatic rings. The minimum Gasteiger partial charge on any atom is -0.355 e. The molecular formula is C16H23N7. The Morgan fingerprint density at radius 3 is 2.83 bits per heavy atom. The standard InChI is InChI=1S/C16H23N7/c1-2-14-17-15(20-19-14)11-22-8-5-13-12(10-22)9-16(21-18-13)23-6-3-4-7-23/h9H,2-8,10-11H2,1H3,(H,17,19,20). The van der Waals surface area contributed by atoms with Gasteiger partial charge in [-0.3, -0.25) is 10.00 Å². The van der Waals surface area contributed by atoms with Gasteiger partial charge < -0.3 is 4.90 Å². The minimum absolute atomic E-state index is 0.813. The van der Waals surface area contributed by atoms with E-state index < -0.39 is 0 Å². The molecule has 0 amide bonds. The van der Waals surface area contributed by atoms with Crippen LogP contribution in [0, 0.1) is 0 Å². The molecule has 7 heteroatoms. The number of aromatic nitrogens is 5. The highest BCUT2D eigenvalue weighted by Crippen LogP contribution is 2.23. The molecule has 0 radical (unpaired) electrons. The summed E-state index contributed by atoms with van der Waals surface area (Å²) >= 11 is 0. The van der Waals surface area contributed by atoms with Crippen LogP contribution in [0.1, 0.15) is 42.7 Å². The van der Waals surface area contributed by atoms with Gasteiger partial charge in [-0.05, 0) is 24.5 Å². The third-order valence-electron chi connectivity index (χ3n) is 4.70. The quantitative estimate of drug-likeness (QED) is 0.917. The predicted octanol–water partition coefficient (Wildman–Crippen LogP) is 1.32. The molecule has 0 atom stereocenters. The van der Waals surface area contributed by atoms with E-state index >= 15 is 0 Å². The summed E-state index contributed by atoms with van der Waals surface area (Å²) in [5.41, 5.74) is 2.46. The number of fused-ring (bicyclic) bond motifs is 1. The average molecular weight is 313 g/mol. The smallest absolute Gasteiger partial charge is 0.151 e. The fraction of sp³-hybridized carbons (Fsp3) is 0.625. The van der Waals surface area contributed by atoms with E-state index in [1.807, 2.05) is 0 Å². The molecule has 0 aromatic carbocycles. The number of hydrogen-bond acceptors (Lipinski definition) is 6. The normalized spacial score (nSPS) is 18.4. The van der Waals surface area contributed by atoms with Crippen LogP contribution in [-0.2, 0) is 25.9 Å². The lowest BCUT2D eigenvalue weighted by Gasteiger charge is -2.28. The van der Waals surface area contributed by atoms with Crippen molar-refractivity contribution in [3.05, 3.63) is 29.0 Å². The van der Waals surface area contributed by atoms with Gasteiger partial charge in [0.2, 0.25) is 0 Å². The number of aryl methyl sites for hydroxylation is 1. The van der Waals surface area contributed by atoms with E-state index in [4.69, 9.17) is 0 Å². The lowest BCUT2D eigenvalue weighted by Crippen LogP contribution is -2.32. The summed E-state index contributed by atoms with van der Waals surface area (Å²) in [5, 5.41) is 16.2. The molecule has 0 saturated carbocycles. The Labute approximate surface area is 136 Å². The van der Waals surface area contributed by atoms with Gasteiger partial charge in [-0.25, -0.2) is 4.98 Å². The lowest BCUT2D eigenvalue weighted by molar-refractivity contribution is 0.237. The SMILES string of the molecule is CCc1n[nH]c(CN2CCc3nnc(N4CCCC4)cc3C2)n1. The van der Waals surface area contributed by atoms with E-state index in [2.05, 4.69) is 48.2 Å². The van der Waals surface area contributed by atoms with Crippen LogP contribution in [0.15, 0.2) is 6.07 Å². The fourth-order valence-corrected chi connectivity index (χ4v) is 3.39. The second-order valence-electron chi connectivity index (χ2n) is 6.38. The van der Waals surface area contributed by atoms with Gasteiger partial charge in [-0.2, -0.15) is 10.2 Å². The Morgan fingerprint density at radius 2 is 2.04 bits per heavy atom. The summed E-state index contributed by atoms with van der Waals surface area (Å²) in [6.45, 7) is 7.00. The topological polar surface area (TPSA) is 73.8 Å². The van der Waals surface area contributed by atoms with Crippen molar-refractivity contribution in [2.75, 3.05) is 24.5 Å². The first kappa shape index (κ1) is 14.6. The minimum atomic E-state index is 0.813. The monoisotopic (exact) mass is 313 g/mol. The first-order valence-corrected chi connectivity index (χ1v) is 8.55. The molecule has 4 heterocycles. The van der Waals surface area contributed by atoms with Crippen LogP contribution < -0.4 is 4.90 Å². The van der Waals surface area contributed by atoms with Crippen molar-refractivity contribution in [3.8, 4) is 0 Å². The average Bonchev–Trinajstić information content (AvgIpc) is 3.26. The highest BCUT2D eigenvalue weighted by Gasteiger charge is 2.22. The molecule has 7 nitrogen and oxygen atoms in total. The number of nitrogens with zero attached hydrogens (tertiary/aromatic N) is 6. The van der Waals surface area contributed by atoms with Crippen molar-refractivity contribution >= 4 is 5.82 Å². The molecule has 2 aliphatic heterocycles. The molecular weight excluding hydrogens is 290 g/mol. The second kappa shape index (κ2) is 6.23. The number of H-pyrrole nitrogens is 1. The third kappa shape index (κ3) is 3.06. The Bertz CT molecular complexity index is 675. The summed E-state index contributed by atoms with van der Waals surface area (Å²) in [5.74, 6) is 2.88. The molecule has 0 aliphatic carbocycles. The van der Waals surface area contributed by atoms with Crippen molar-refractivity contribution in [2.45, 2.75) is 45.7 Å². The van der Waals surface area contributed by atoms with Gasteiger partial charge in [0.25, 0.3) is 0 Å². The van der Waals surface area contributed by atoms with Gasteiger partial charge in [-0.15, -0.1) is 5.10 Å². The van der Waals surface area contributed by atoms with Gasteiger partial charge >= 0.3 is 0 Å². The zero-order valence-electron chi connectivity index (χ0n) is 13.6. The molecule has 23 heavy (non-hydrogen) atoms. The van der Waals surface area contributed by atoms with Crippen LogP contribution in [0.3, 0.4) is 0 Å². The Kier molecular flexibility index (Phi) is 3.95. The Balaban J connectivity index is 1.47. The van der Waals surface area contributed by atoms with Crippen molar-refractivity contribution in [1.29, 1.82) is 0 Å². The molecule has 2 aromatic heterocycles. The van der Waals surface area contributed by atoms with Crippen LogP contribution in [-0.4, -0.2) is 49.9 Å². The van der Waals surface area contributed by atoms with E-state index in [0.29, 0.717) is 0 Å². The van der Waals surface area contributed by atoms with Crippen LogP contribution in [0.4, 0.5) is 5.82 Å².